The molecule has 0 unspecified atom stereocenters. The molecule has 6 nitrogen and oxygen atoms in total. The molecule has 1 aliphatic carbocycles. The van der Waals surface area contributed by atoms with Gasteiger partial charge in [-0.3, -0.25) is 4.79 Å². The summed E-state index contributed by atoms with van der Waals surface area (Å²) >= 11 is 0. The van der Waals surface area contributed by atoms with E-state index in [0.29, 0.717) is 11.7 Å². The molecule has 1 amide bonds. The van der Waals surface area contributed by atoms with Crippen molar-refractivity contribution in [3.8, 4) is 5.75 Å². The summed E-state index contributed by atoms with van der Waals surface area (Å²) in [5, 5.41) is 11.3. The zero-order valence-electron chi connectivity index (χ0n) is 15.7. The minimum atomic E-state index is -0.265. The molecular formula is C22H22N4O2. The van der Waals surface area contributed by atoms with Crippen LogP contribution in [0.15, 0.2) is 66.7 Å². The third kappa shape index (κ3) is 4.28. The number of hydrogen-bond donors (Lipinski definition) is 1. The predicted octanol–water partition coefficient (Wildman–Crippen LogP) is 3.91. The second-order valence-electron chi connectivity index (χ2n) is 6.80. The smallest absolute Gasteiger partial charge is 0.276 e. The third-order valence-corrected chi connectivity index (χ3v) is 4.71. The van der Waals surface area contributed by atoms with Crippen molar-refractivity contribution in [1.82, 2.24) is 10.2 Å². The van der Waals surface area contributed by atoms with Crippen LogP contribution in [0.25, 0.3) is 0 Å². The summed E-state index contributed by atoms with van der Waals surface area (Å²) in [7, 11) is 1.66. The summed E-state index contributed by atoms with van der Waals surface area (Å²) in [6.07, 6.45) is 2.29. The fourth-order valence-electron chi connectivity index (χ4n) is 3.03. The Morgan fingerprint density at radius 1 is 1.04 bits per heavy atom. The van der Waals surface area contributed by atoms with Crippen molar-refractivity contribution in [1.29, 1.82) is 0 Å². The van der Waals surface area contributed by atoms with Crippen molar-refractivity contribution in [3.05, 3.63) is 78.0 Å². The molecule has 1 aromatic heterocycles. The van der Waals surface area contributed by atoms with Crippen molar-refractivity contribution in [2.75, 3.05) is 17.3 Å². The quantitative estimate of drug-likeness (QED) is 0.679. The van der Waals surface area contributed by atoms with Crippen molar-refractivity contribution >= 4 is 17.4 Å². The van der Waals surface area contributed by atoms with Crippen LogP contribution in [-0.2, 0) is 6.54 Å². The molecule has 1 N–H and O–H groups in total. The molecule has 0 spiro atoms. The summed E-state index contributed by atoms with van der Waals surface area (Å²) in [5.41, 5.74) is 2.21. The lowest BCUT2D eigenvalue weighted by Crippen LogP contribution is -2.26. The fraction of sp³-hybridized carbons (Fsp3) is 0.227. The second kappa shape index (κ2) is 8.08. The van der Waals surface area contributed by atoms with Gasteiger partial charge in [0, 0.05) is 18.3 Å². The summed E-state index contributed by atoms with van der Waals surface area (Å²) in [6.45, 7) is 0.749. The number of methoxy groups -OCH3 is 1. The van der Waals surface area contributed by atoms with Gasteiger partial charge in [-0.2, -0.15) is 0 Å². The van der Waals surface area contributed by atoms with Crippen molar-refractivity contribution in [3.63, 3.8) is 0 Å². The van der Waals surface area contributed by atoms with E-state index in [1.54, 1.807) is 13.2 Å². The van der Waals surface area contributed by atoms with Gasteiger partial charge in [0.2, 0.25) is 0 Å². The first kappa shape index (κ1) is 18.0. The zero-order valence-corrected chi connectivity index (χ0v) is 15.7. The Morgan fingerprint density at radius 3 is 2.39 bits per heavy atom. The molecule has 1 aliphatic rings. The van der Waals surface area contributed by atoms with Gasteiger partial charge in [0.25, 0.3) is 5.91 Å². The number of ether oxygens (including phenoxy) is 1. The largest absolute Gasteiger partial charge is 0.497 e. The van der Waals surface area contributed by atoms with E-state index in [2.05, 4.69) is 32.5 Å². The van der Waals surface area contributed by atoms with Gasteiger partial charge in [-0.05, 0) is 54.8 Å². The van der Waals surface area contributed by atoms with Gasteiger partial charge in [0.1, 0.15) is 5.75 Å². The Morgan fingerprint density at radius 2 is 1.79 bits per heavy atom. The van der Waals surface area contributed by atoms with E-state index in [1.165, 1.54) is 5.56 Å². The number of hydrogen-bond acceptors (Lipinski definition) is 5. The standard InChI is InChI=1S/C22H22N4O2/c1-28-19-11-7-16(8-12-19)15-26(18-9-10-18)21-14-13-20(24-25-21)22(27)23-17-5-3-2-4-6-17/h2-8,11-14,18H,9-10,15H2,1H3,(H,23,27). The molecule has 1 saturated carbocycles. The number of carbonyl (C=O) groups is 1. The highest BCUT2D eigenvalue weighted by atomic mass is 16.5. The Bertz CT molecular complexity index is 923. The lowest BCUT2D eigenvalue weighted by molar-refractivity contribution is 0.102. The maximum Gasteiger partial charge on any atom is 0.276 e. The Balaban J connectivity index is 1.46. The fourth-order valence-corrected chi connectivity index (χ4v) is 3.03. The third-order valence-electron chi connectivity index (χ3n) is 4.71. The van der Waals surface area contributed by atoms with Crippen LogP contribution >= 0.6 is 0 Å². The van der Waals surface area contributed by atoms with Gasteiger partial charge >= 0.3 is 0 Å². The van der Waals surface area contributed by atoms with Crippen LogP contribution in [0.1, 0.15) is 28.9 Å². The van der Waals surface area contributed by atoms with Gasteiger partial charge < -0.3 is 15.0 Å². The van der Waals surface area contributed by atoms with E-state index in [0.717, 1.165) is 36.6 Å². The van der Waals surface area contributed by atoms with Crippen molar-refractivity contribution in [2.45, 2.75) is 25.4 Å². The maximum absolute atomic E-state index is 12.4. The van der Waals surface area contributed by atoms with E-state index in [9.17, 15) is 4.79 Å². The SMILES string of the molecule is COc1ccc(CN(c2ccc(C(=O)Nc3ccccc3)nn2)C2CC2)cc1. The number of amides is 1. The number of nitrogens with one attached hydrogen (secondary N) is 1. The molecule has 1 fully saturated rings. The zero-order chi connectivity index (χ0) is 19.3. The molecule has 0 saturated heterocycles. The highest BCUT2D eigenvalue weighted by Gasteiger charge is 2.30. The molecule has 28 heavy (non-hydrogen) atoms. The van der Waals surface area contributed by atoms with E-state index in [-0.39, 0.29) is 5.91 Å². The van der Waals surface area contributed by atoms with Gasteiger partial charge in [-0.25, -0.2) is 0 Å². The molecule has 4 rings (SSSR count). The average molecular weight is 374 g/mol. The van der Waals surface area contributed by atoms with Crippen molar-refractivity contribution in [2.24, 2.45) is 0 Å². The van der Waals surface area contributed by atoms with Crippen molar-refractivity contribution < 1.29 is 9.53 Å². The van der Waals surface area contributed by atoms with Crippen LogP contribution in [0.2, 0.25) is 0 Å². The predicted molar refractivity (Wildman–Crippen MR) is 109 cm³/mol. The van der Waals surface area contributed by atoms with Crippen LogP contribution in [0.5, 0.6) is 5.75 Å². The number of rotatable bonds is 7. The molecule has 3 aromatic rings. The van der Waals surface area contributed by atoms with E-state index < -0.39 is 0 Å². The highest BCUT2D eigenvalue weighted by Crippen LogP contribution is 2.32. The molecule has 0 bridgehead atoms. The van der Waals surface area contributed by atoms with Gasteiger partial charge in [0.15, 0.2) is 11.5 Å². The number of nitrogens with zero attached hydrogens (tertiary/aromatic N) is 3. The molecule has 2 aromatic carbocycles. The van der Waals surface area contributed by atoms with E-state index in [1.807, 2.05) is 48.5 Å². The van der Waals surface area contributed by atoms with Crippen LogP contribution in [0.3, 0.4) is 0 Å². The summed E-state index contributed by atoms with van der Waals surface area (Å²) in [4.78, 5) is 14.6. The maximum atomic E-state index is 12.4. The molecule has 6 heteroatoms. The topological polar surface area (TPSA) is 67.3 Å². The Kier molecular flexibility index (Phi) is 5.19. The first-order valence-electron chi connectivity index (χ1n) is 9.32. The second-order valence-corrected chi connectivity index (χ2v) is 6.80. The van der Waals surface area contributed by atoms with Crippen LogP contribution in [0.4, 0.5) is 11.5 Å². The first-order chi connectivity index (χ1) is 13.7. The number of para-hydroxylation sites is 1. The minimum absolute atomic E-state index is 0.265. The molecule has 0 aliphatic heterocycles. The van der Waals surface area contributed by atoms with Crippen LogP contribution in [0, 0.1) is 0 Å². The lowest BCUT2D eigenvalue weighted by Gasteiger charge is -2.23. The van der Waals surface area contributed by atoms with Crippen LogP contribution < -0.4 is 15.0 Å². The highest BCUT2D eigenvalue weighted by molar-refractivity contribution is 6.02. The number of carbonyl (C=O) groups excluding carboxylic acids is 1. The van der Waals surface area contributed by atoms with E-state index in [4.69, 9.17) is 4.74 Å². The number of benzene rings is 2. The monoisotopic (exact) mass is 374 g/mol. The molecule has 1 heterocycles. The van der Waals surface area contributed by atoms with Gasteiger partial charge in [-0.1, -0.05) is 30.3 Å². The molecular weight excluding hydrogens is 352 g/mol. The summed E-state index contributed by atoms with van der Waals surface area (Å²) < 4.78 is 5.22. The van der Waals surface area contributed by atoms with Gasteiger partial charge in [-0.15, -0.1) is 10.2 Å². The first-order valence-corrected chi connectivity index (χ1v) is 9.32. The number of anilines is 2. The van der Waals surface area contributed by atoms with Gasteiger partial charge in [0.05, 0.1) is 7.11 Å². The van der Waals surface area contributed by atoms with Crippen LogP contribution in [-0.4, -0.2) is 29.3 Å². The summed E-state index contributed by atoms with van der Waals surface area (Å²) in [5.74, 6) is 1.36. The Hall–Kier alpha value is -3.41. The number of aromatic nitrogens is 2. The minimum Gasteiger partial charge on any atom is -0.497 e. The molecule has 0 atom stereocenters. The molecule has 0 radical (unpaired) electrons. The van der Waals surface area contributed by atoms with E-state index >= 15 is 0 Å². The Labute approximate surface area is 164 Å². The average Bonchev–Trinajstić information content (AvgIpc) is 3.58. The lowest BCUT2D eigenvalue weighted by atomic mass is 10.2. The molecule has 142 valence electrons. The summed E-state index contributed by atoms with van der Waals surface area (Å²) in [6, 6.07) is 21.4. The normalized spacial score (nSPS) is 13.0.